The fourth-order valence-electron chi connectivity index (χ4n) is 2.49. The summed E-state index contributed by atoms with van der Waals surface area (Å²) in [7, 11) is 1.76. The van der Waals surface area contributed by atoms with Crippen LogP contribution in [0.2, 0.25) is 0 Å². The minimum atomic E-state index is -0.0687. The average molecular weight is 307 g/mol. The Morgan fingerprint density at radius 1 is 1.62 bits per heavy atom. The van der Waals surface area contributed by atoms with E-state index < -0.39 is 0 Å². The van der Waals surface area contributed by atoms with Crippen LogP contribution in [0.1, 0.15) is 24.7 Å². The Kier molecular flexibility index (Phi) is 3.84. The smallest absolute Gasteiger partial charge is 0.240 e. The molecule has 0 aliphatic carbocycles. The van der Waals surface area contributed by atoms with E-state index in [2.05, 4.69) is 25.3 Å². The fraction of sp³-hybridized carbons (Fsp3) is 0.500. The quantitative estimate of drug-likeness (QED) is 0.859. The first-order valence-corrected chi connectivity index (χ1v) is 7.61. The third kappa shape index (κ3) is 3.03. The average Bonchev–Trinajstić information content (AvgIpc) is 3.14. The van der Waals surface area contributed by atoms with Gasteiger partial charge in [-0.3, -0.25) is 9.69 Å². The number of thiazole rings is 1. The van der Waals surface area contributed by atoms with E-state index in [0.29, 0.717) is 23.4 Å². The molecular weight excluding hydrogens is 290 g/mol. The highest BCUT2D eigenvalue weighted by Crippen LogP contribution is 2.29. The van der Waals surface area contributed by atoms with Crippen molar-refractivity contribution in [1.82, 2.24) is 24.6 Å². The predicted octanol–water partition coefficient (Wildman–Crippen LogP) is 0.629. The van der Waals surface area contributed by atoms with E-state index in [4.69, 9.17) is 5.73 Å². The number of carbonyl (C=O) groups excluding carboxylic acids is 1. The van der Waals surface area contributed by atoms with Gasteiger partial charge in [0.2, 0.25) is 11.9 Å². The topological polar surface area (TPSA) is 102 Å². The molecule has 1 aliphatic heterocycles. The van der Waals surface area contributed by atoms with Gasteiger partial charge in [0, 0.05) is 18.6 Å². The van der Waals surface area contributed by atoms with Crippen molar-refractivity contribution in [3.05, 3.63) is 17.4 Å². The molecule has 1 fully saturated rings. The van der Waals surface area contributed by atoms with Crippen LogP contribution in [0.5, 0.6) is 0 Å². The molecule has 3 rings (SSSR count). The fourth-order valence-corrected chi connectivity index (χ4v) is 3.04. The maximum Gasteiger partial charge on any atom is 0.240 e. The number of likely N-dealkylation sites (tertiary alicyclic amines) is 1. The Balaban J connectivity index is 1.65. The summed E-state index contributed by atoms with van der Waals surface area (Å²) in [5.74, 6) is 1.01. The van der Waals surface area contributed by atoms with E-state index in [-0.39, 0.29) is 11.9 Å². The third-order valence-corrected chi connectivity index (χ3v) is 4.19. The van der Waals surface area contributed by atoms with Gasteiger partial charge in [0.25, 0.3) is 0 Å². The van der Waals surface area contributed by atoms with Gasteiger partial charge >= 0.3 is 0 Å². The third-order valence-electron chi connectivity index (χ3n) is 3.50. The second kappa shape index (κ2) is 5.78. The number of aromatic nitrogens is 4. The van der Waals surface area contributed by atoms with Crippen molar-refractivity contribution < 1.29 is 4.79 Å². The van der Waals surface area contributed by atoms with Crippen molar-refractivity contribution in [2.75, 3.05) is 24.1 Å². The predicted molar refractivity (Wildman–Crippen MR) is 79.7 cm³/mol. The first-order valence-electron chi connectivity index (χ1n) is 6.73. The molecule has 3 N–H and O–H groups in total. The molecule has 1 saturated heterocycles. The van der Waals surface area contributed by atoms with Crippen molar-refractivity contribution in [3.63, 3.8) is 0 Å². The SMILES string of the molecule is Cn1nc(C2CCCN2CC(=O)Nc2nccs2)nc1N. The highest BCUT2D eigenvalue weighted by molar-refractivity contribution is 7.13. The van der Waals surface area contributed by atoms with Crippen LogP contribution in [-0.2, 0) is 11.8 Å². The van der Waals surface area contributed by atoms with Crippen LogP contribution in [0.4, 0.5) is 11.1 Å². The molecular formula is C12H17N7OS. The van der Waals surface area contributed by atoms with Crippen LogP contribution >= 0.6 is 11.3 Å². The minimum Gasteiger partial charge on any atom is -0.368 e. The van der Waals surface area contributed by atoms with E-state index in [1.807, 2.05) is 5.38 Å². The summed E-state index contributed by atoms with van der Waals surface area (Å²) in [6, 6.07) is 0.0514. The summed E-state index contributed by atoms with van der Waals surface area (Å²) in [5.41, 5.74) is 5.73. The van der Waals surface area contributed by atoms with Crippen molar-refractivity contribution in [3.8, 4) is 0 Å². The number of rotatable bonds is 4. The summed E-state index contributed by atoms with van der Waals surface area (Å²) in [6.07, 6.45) is 3.63. The number of amides is 1. The summed E-state index contributed by atoms with van der Waals surface area (Å²) in [5, 5.41) is 9.57. The summed E-state index contributed by atoms with van der Waals surface area (Å²) < 4.78 is 1.56. The number of anilines is 2. The van der Waals surface area contributed by atoms with E-state index in [1.54, 1.807) is 17.9 Å². The lowest BCUT2D eigenvalue weighted by Gasteiger charge is -2.21. The molecule has 1 atom stereocenters. The lowest BCUT2D eigenvalue weighted by molar-refractivity contribution is -0.117. The Bertz CT molecular complexity index is 604. The highest BCUT2D eigenvalue weighted by Gasteiger charge is 2.30. The molecule has 1 aliphatic rings. The van der Waals surface area contributed by atoms with Crippen LogP contribution in [0.15, 0.2) is 11.6 Å². The number of carbonyl (C=O) groups is 1. The molecule has 0 spiro atoms. The van der Waals surface area contributed by atoms with Crippen LogP contribution in [0.3, 0.4) is 0 Å². The minimum absolute atomic E-state index is 0.0514. The second-order valence-electron chi connectivity index (χ2n) is 4.97. The standard InChI is InChI=1S/C12H17N7OS/c1-18-11(13)16-10(17-18)8-3-2-5-19(8)7-9(20)15-12-14-4-6-21-12/h4,6,8H,2-3,5,7H2,1H3,(H2,13,16,17)(H,14,15,20). The number of hydrogen-bond acceptors (Lipinski definition) is 7. The molecule has 0 radical (unpaired) electrons. The Morgan fingerprint density at radius 2 is 2.48 bits per heavy atom. The first-order chi connectivity index (χ1) is 10.1. The van der Waals surface area contributed by atoms with Gasteiger partial charge in [-0.15, -0.1) is 11.3 Å². The molecule has 9 heteroatoms. The van der Waals surface area contributed by atoms with Gasteiger partial charge in [-0.2, -0.15) is 10.1 Å². The van der Waals surface area contributed by atoms with Crippen LogP contribution in [0, 0.1) is 0 Å². The number of nitrogens with one attached hydrogen (secondary N) is 1. The molecule has 112 valence electrons. The van der Waals surface area contributed by atoms with Crippen molar-refractivity contribution in [2.24, 2.45) is 7.05 Å². The van der Waals surface area contributed by atoms with Gasteiger partial charge in [0.15, 0.2) is 11.0 Å². The van der Waals surface area contributed by atoms with Gasteiger partial charge in [-0.25, -0.2) is 9.67 Å². The van der Waals surface area contributed by atoms with Crippen molar-refractivity contribution >= 4 is 28.3 Å². The lowest BCUT2D eigenvalue weighted by atomic mass is 10.2. The van der Waals surface area contributed by atoms with Gasteiger partial charge in [-0.05, 0) is 19.4 Å². The van der Waals surface area contributed by atoms with E-state index in [0.717, 1.165) is 19.4 Å². The Morgan fingerprint density at radius 3 is 3.14 bits per heavy atom. The lowest BCUT2D eigenvalue weighted by Crippen LogP contribution is -2.33. The highest BCUT2D eigenvalue weighted by atomic mass is 32.1. The Labute approximate surface area is 126 Å². The maximum atomic E-state index is 12.1. The van der Waals surface area contributed by atoms with Crippen molar-refractivity contribution in [1.29, 1.82) is 0 Å². The molecule has 21 heavy (non-hydrogen) atoms. The van der Waals surface area contributed by atoms with E-state index in [1.165, 1.54) is 11.3 Å². The monoisotopic (exact) mass is 307 g/mol. The summed E-state index contributed by atoms with van der Waals surface area (Å²) >= 11 is 1.41. The maximum absolute atomic E-state index is 12.1. The summed E-state index contributed by atoms with van der Waals surface area (Å²) in [4.78, 5) is 22.5. The van der Waals surface area contributed by atoms with Crippen LogP contribution in [-0.4, -0.2) is 43.6 Å². The van der Waals surface area contributed by atoms with Gasteiger partial charge in [-0.1, -0.05) is 0 Å². The second-order valence-corrected chi connectivity index (χ2v) is 5.86. The Hall–Kier alpha value is -2.00. The van der Waals surface area contributed by atoms with Gasteiger partial charge in [0.05, 0.1) is 12.6 Å². The van der Waals surface area contributed by atoms with E-state index in [9.17, 15) is 4.79 Å². The molecule has 1 amide bonds. The molecule has 0 aromatic carbocycles. The molecule has 0 saturated carbocycles. The number of aryl methyl sites for hydroxylation is 1. The number of nitrogens with two attached hydrogens (primary N) is 1. The largest absolute Gasteiger partial charge is 0.368 e. The molecule has 2 aromatic heterocycles. The zero-order valence-corrected chi connectivity index (χ0v) is 12.5. The van der Waals surface area contributed by atoms with E-state index >= 15 is 0 Å². The van der Waals surface area contributed by atoms with Crippen LogP contribution < -0.4 is 11.1 Å². The van der Waals surface area contributed by atoms with Gasteiger partial charge in [0.1, 0.15) is 0 Å². The van der Waals surface area contributed by atoms with Gasteiger partial charge < -0.3 is 11.1 Å². The number of nitrogen functional groups attached to an aromatic ring is 1. The van der Waals surface area contributed by atoms with Crippen LogP contribution in [0.25, 0.3) is 0 Å². The zero-order valence-electron chi connectivity index (χ0n) is 11.7. The number of nitrogens with zero attached hydrogens (tertiary/aromatic N) is 5. The molecule has 0 bridgehead atoms. The zero-order chi connectivity index (χ0) is 14.8. The molecule has 3 heterocycles. The van der Waals surface area contributed by atoms with Crippen molar-refractivity contribution in [2.45, 2.75) is 18.9 Å². The summed E-state index contributed by atoms with van der Waals surface area (Å²) in [6.45, 7) is 1.16. The molecule has 1 unspecified atom stereocenters. The molecule has 2 aromatic rings. The normalized spacial score (nSPS) is 19.0. The number of hydrogen-bond donors (Lipinski definition) is 2. The first kappa shape index (κ1) is 14.0. The molecule has 8 nitrogen and oxygen atoms in total.